The topological polar surface area (TPSA) is 32.8 Å². The standard InChI is InChI=1S/C25H32N2O2/c1-19(28)27(15-20-8-4-3-5-9-20)17-22-16-26(14-21-12-13-21)18-24(22)23-10-6-7-11-25(23)29-2/h3-11,21-22,24H,12-18H2,1-2H3. The lowest BCUT2D eigenvalue weighted by atomic mass is 9.87. The predicted octanol–water partition coefficient (Wildman–Crippen LogP) is 4.17. The number of rotatable bonds is 8. The van der Waals surface area contributed by atoms with E-state index >= 15 is 0 Å². The van der Waals surface area contributed by atoms with Gasteiger partial charge in [0.2, 0.25) is 5.91 Å². The Morgan fingerprint density at radius 2 is 1.79 bits per heavy atom. The molecule has 0 spiro atoms. The summed E-state index contributed by atoms with van der Waals surface area (Å²) in [6, 6.07) is 18.7. The predicted molar refractivity (Wildman–Crippen MR) is 116 cm³/mol. The Labute approximate surface area is 174 Å². The van der Waals surface area contributed by atoms with E-state index in [4.69, 9.17) is 4.74 Å². The van der Waals surface area contributed by atoms with Gasteiger partial charge in [-0.2, -0.15) is 0 Å². The zero-order valence-corrected chi connectivity index (χ0v) is 17.6. The van der Waals surface area contributed by atoms with Crippen LogP contribution in [0.1, 0.15) is 36.8 Å². The van der Waals surface area contributed by atoms with Crippen molar-refractivity contribution in [3.63, 3.8) is 0 Å². The van der Waals surface area contributed by atoms with Crippen molar-refractivity contribution < 1.29 is 9.53 Å². The SMILES string of the molecule is COc1ccccc1C1CN(CC2CC2)CC1CN(Cc1ccccc1)C(C)=O. The van der Waals surface area contributed by atoms with Crippen molar-refractivity contribution in [2.24, 2.45) is 11.8 Å². The Balaban J connectivity index is 1.54. The van der Waals surface area contributed by atoms with Gasteiger partial charge in [-0.3, -0.25) is 4.79 Å². The maximum atomic E-state index is 12.5. The molecule has 2 atom stereocenters. The van der Waals surface area contributed by atoms with Gasteiger partial charge in [-0.25, -0.2) is 0 Å². The molecule has 0 N–H and O–H groups in total. The van der Waals surface area contributed by atoms with E-state index in [2.05, 4.69) is 35.2 Å². The molecular weight excluding hydrogens is 360 g/mol. The number of nitrogens with zero attached hydrogens (tertiary/aromatic N) is 2. The van der Waals surface area contributed by atoms with Crippen molar-refractivity contribution in [1.82, 2.24) is 9.80 Å². The number of amides is 1. The van der Waals surface area contributed by atoms with Crippen LogP contribution in [0.3, 0.4) is 0 Å². The minimum atomic E-state index is 0.147. The van der Waals surface area contributed by atoms with Gasteiger partial charge in [-0.05, 0) is 41.9 Å². The summed E-state index contributed by atoms with van der Waals surface area (Å²) < 4.78 is 5.68. The molecule has 2 aliphatic rings. The highest BCUT2D eigenvalue weighted by Gasteiger charge is 2.38. The maximum absolute atomic E-state index is 12.5. The van der Waals surface area contributed by atoms with E-state index in [0.717, 1.165) is 31.3 Å². The van der Waals surface area contributed by atoms with Gasteiger partial charge in [0, 0.05) is 45.6 Å². The lowest BCUT2D eigenvalue weighted by Crippen LogP contribution is -2.35. The number of likely N-dealkylation sites (tertiary alicyclic amines) is 1. The molecule has 2 fully saturated rings. The van der Waals surface area contributed by atoms with Gasteiger partial charge in [0.1, 0.15) is 5.75 Å². The van der Waals surface area contributed by atoms with E-state index in [0.29, 0.717) is 18.4 Å². The largest absolute Gasteiger partial charge is 0.496 e. The van der Waals surface area contributed by atoms with Crippen LogP contribution in [-0.4, -0.2) is 49.0 Å². The zero-order valence-electron chi connectivity index (χ0n) is 17.6. The molecule has 2 aromatic rings. The van der Waals surface area contributed by atoms with Crippen LogP contribution in [-0.2, 0) is 11.3 Å². The Morgan fingerprint density at radius 3 is 2.48 bits per heavy atom. The summed E-state index contributed by atoms with van der Waals surface area (Å²) in [7, 11) is 1.75. The quantitative estimate of drug-likeness (QED) is 0.676. The summed E-state index contributed by atoms with van der Waals surface area (Å²) in [6.07, 6.45) is 2.74. The molecule has 1 aliphatic heterocycles. The maximum Gasteiger partial charge on any atom is 0.219 e. The van der Waals surface area contributed by atoms with Crippen molar-refractivity contribution in [2.45, 2.75) is 32.2 Å². The van der Waals surface area contributed by atoms with Crippen LogP contribution in [0.15, 0.2) is 54.6 Å². The van der Waals surface area contributed by atoms with Gasteiger partial charge < -0.3 is 14.5 Å². The van der Waals surface area contributed by atoms with Crippen molar-refractivity contribution in [3.8, 4) is 5.75 Å². The van der Waals surface area contributed by atoms with E-state index in [1.54, 1.807) is 14.0 Å². The van der Waals surface area contributed by atoms with Gasteiger partial charge in [-0.1, -0.05) is 48.5 Å². The monoisotopic (exact) mass is 392 g/mol. The van der Waals surface area contributed by atoms with E-state index < -0.39 is 0 Å². The third kappa shape index (κ3) is 4.99. The number of carbonyl (C=O) groups excluding carboxylic acids is 1. The summed E-state index contributed by atoms with van der Waals surface area (Å²) >= 11 is 0. The second-order valence-corrected chi connectivity index (χ2v) is 8.66. The fraction of sp³-hybridized carbons (Fsp3) is 0.480. The fourth-order valence-electron chi connectivity index (χ4n) is 4.68. The van der Waals surface area contributed by atoms with Crippen LogP contribution in [0, 0.1) is 11.8 Å². The summed E-state index contributed by atoms with van der Waals surface area (Å²) in [4.78, 5) is 17.1. The molecule has 4 rings (SSSR count). The number of ether oxygens (including phenoxy) is 1. The van der Waals surface area contributed by atoms with Gasteiger partial charge in [0.05, 0.1) is 7.11 Å². The van der Waals surface area contributed by atoms with Crippen LogP contribution >= 0.6 is 0 Å². The first-order valence-electron chi connectivity index (χ1n) is 10.8. The van der Waals surface area contributed by atoms with Crippen LogP contribution < -0.4 is 4.74 Å². The molecular formula is C25H32N2O2. The number of hydrogen-bond donors (Lipinski definition) is 0. The van der Waals surface area contributed by atoms with Crippen molar-refractivity contribution in [3.05, 3.63) is 65.7 Å². The third-order valence-electron chi connectivity index (χ3n) is 6.38. The average molecular weight is 393 g/mol. The molecule has 1 amide bonds. The second-order valence-electron chi connectivity index (χ2n) is 8.66. The van der Waals surface area contributed by atoms with Crippen LogP contribution in [0.25, 0.3) is 0 Å². The molecule has 1 heterocycles. The summed E-state index contributed by atoms with van der Waals surface area (Å²) in [6.45, 7) is 6.46. The summed E-state index contributed by atoms with van der Waals surface area (Å²) in [5.41, 5.74) is 2.46. The first-order valence-corrected chi connectivity index (χ1v) is 10.8. The molecule has 0 bridgehead atoms. The van der Waals surface area contributed by atoms with Gasteiger partial charge in [-0.15, -0.1) is 0 Å². The average Bonchev–Trinajstić information content (AvgIpc) is 3.46. The molecule has 1 saturated carbocycles. The van der Waals surface area contributed by atoms with Crippen molar-refractivity contribution in [2.75, 3.05) is 33.3 Å². The third-order valence-corrected chi connectivity index (χ3v) is 6.38. The Kier molecular flexibility index (Phi) is 6.19. The first-order chi connectivity index (χ1) is 14.1. The summed E-state index contributed by atoms with van der Waals surface area (Å²) in [5.74, 6) is 2.79. The zero-order chi connectivity index (χ0) is 20.2. The van der Waals surface area contributed by atoms with Crippen LogP contribution in [0.5, 0.6) is 5.75 Å². The molecule has 1 aliphatic carbocycles. The van der Waals surface area contributed by atoms with Crippen LogP contribution in [0.4, 0.5) is 0 Å². The van der Waals surface area contributed by atoms with Crippen LogP contribution in [0.2, 0.25) is 0 Å². The summed E-state index contributed by atoms with van der Waals surface area (Å²) in [5, 5.41) is 0. The Hall–Kier alpha value is -2.33. The normalized spacial score (nSPS) is 21.9. The number of benzene rings is 2. The van der Waals surface area contributed by atoms with Crippen molar-refractivity contribution in [1.29, 1.82) is 0 Å². The van der Waals surface area contributed by atoms with Crippen molar-refractivity contribution >= 4 is 5.91 Å². The molecule has 0 aromatic heterocycles. The lowest BCUT2D eigenvalue weighted by molar-refractivity contribution is -0.130. The molecule has 1 saturated heterocycles. The number of methoxy groups -OCH3 is 1. The molecule has 29 heavy (non-hydrogen) atoms. The Bertz CT molecular complexity index is 819. The second kappa shape index (κ2) is 9.00. The fourth-order valence-corrected chi connectivity index (χ4v) is 4.68. The molecule has 2 unspecified atom stereocenters. The highest BCUT2D eigenvalue weighted by molar-refractivity contribution is 5.73. The molecule has 4 heteroatoms. The highest BCUT2D eigenvalue weighted by atomic mass is 16.5. The highest BCUT2D eigenvalue weighted by Crippen LogP contribution is 2.40. The molecule has 154 valence electrons. The van der Waals surface area contributed by atoms with E-state index in [1.807, 2.05) is 29.2 Å². The van der Waals surface area contributed by atoms with Gasteiger partial charge >= 0.3 is 0 Å². The van der Waals surface area contributed by atoms with E-state index in [1.165, 1.54) is 30.5 Å². The Morgan fingerprint density at radius 1 is 1.07 bits per heavy atom. The minimum absolute atomic E-state index is 0.147. The molecule has 4 nitrogen and oxygen atoms in total. The van der Waals surface area contributed by atoms with E-state index in [-0.39, 0.29) is 5.91 Å². The number of carbonyl (C=O) groups is 1. The lowest BCUT2D eigenvalue weighted by Gasteiger charge is -2.28. The van der Waals surface area contributed by atoms with Gasteiger partial charge in [0.25, 0.3) is 0 Å². The molecule has 0 radical (unpaired) electrons. The minimum Gasteiger partial charge on any atom is -0.496 e. The smallest absolute Gasteiger partial charge is 0.219 e. The number of hydrogen-bond acceptors (Lipinski definition) is 3. The first kappa shape index (κ1) is 20.0. The van der Waals surface area contributed by atoms with E-state index in [9.17, 15) is 4.79 Å². The van der Waals surface area contributed by atoms with Gasteiger partial charge in [0.15, 0.2) is 0 Å². The molecule has 2 aromatic carbocycles. The number of para-hydroxylation sites is 1.